The highest BCUT2D eigenvalue weighted by molar-refractivity contribution is 5.57. The molecule has 0 aliphatic carbocycles. The number of anilines is 1. The van der Waals surface area contributed by atoms with Gasteiger partial charge in [-0.1, -0.05) is 53.4 Å². The highest BCUT2D eigenvalue weighted by atomic mass is 16.2. The molecule has 0 heterocycles. The minimum atomic E-state index is -0.330. The molecule has 0 bridgehead atoms. The maximum atomic E-state index is 11.4. The molecule has 3 nitrogen and oxygen atoms in total. The van der Waals surface area contributed by atoms with Gasteiger partial charge in [0, 0.05) is 12.1 Å². The molecule has 0 aromatic heterocycles. The highest BCUT2D eigenvalue weighted by Gasteiger charge is 2.22. The first kappa shape index (κ1) is 15.9. The SMILES string of the molecule is CC(C)CCCCCCNc1c(C(C)C)c(=O)c1=O. The maximum Gasteiger partial charge on any atom is 0.249 e. The average Bonchev–Trinajstić information content (AvgIpc) is 2.34. The van der Waals surface area contributed by atoms with E-state index in [0.29, 0.717) is 11.3 Å². The van der Waals surface area contributed by atoms with Gasteiger partial charge >= 0.3 is 0 Å². The van der Waals surface area contributed by atoms with Gasteiger partial charge in [-0.05, 0) is 18.3 Å². The largest absolute Gasteiger partial charge is 0.381 e. The van der Waals surface area contributed by atoms with Crippen LogP contribution in [0.25, 0.3) is 0 Å². The van der Waals surface area contributed by atoms with E-state index < -0.39 is 0 Å². The van der Waals surface area contributed by atoms with Crippen LogP contribution in [0.5, 0.6) is 0 Å². The molecule has 1 aromatic rings. The van der Waals surface area contributed by atoms with E-state index in [1.54, 1.807) is 0 Å². The molecule has 19 heavy (non-hydrogen) atoms. The Morgan fingerprint density at radius 3 is 2.11 bits per heavy atom. The first-order valence-electron chi connectivity index (χ1n) is 7.52. The quantitative estimate of drug-likeness (QED) is 0.549. The molecular weight excluding hydrogens is 238 g/mol. The van der Waals surface area contributed by atoms with Crippen molar-refractivity contribution in [1.82, 2.24) is 0 Å². The number of unbranched alkanes of at least 4 members (excludes halogenated alkanes) is 3. The fourth-order valence-corrected chi connectivity index (χ4v) is 2.38. The number of hydrogen-bond acceptors (Lipinski definition) is 3. The summed E-state index contributed by atoms with van der Waals surface area (Å²) in [6.45, 7) is 9.20. The van der Waals surface area contributed by atoms with E-state index in [-0.39, 0.29) is 16.8 Å². The summed E-state index contributed by atoms with van der Waals surface area (Å²) < 4.78 is 0. The molecule has 1 N–H and O–H groups in total. The van der Waals surface area contributed by atoms with Crippen LogP contribution >= 0.6 is 0 Å². The van der Waals surface area contributed by atoms with Crippen molar-refractivity contribution in [1.29, 1.82) is 0 Å². The fraction of sp³-hybridized carbons (Fsp3) is 0.750. The Morgan fingerprint density at radius 2 is 1.53 bits per heavy atom. The van der Waals surface area contributed by atoms with Crippen molar-refractivity contribution in [3.05, 3.63) is 26.0 Å². The topological polar surface area (TPSA) is 46.2 Å². The third-order valence-corrected chi connectivity index (χ3v) is 3.53. The second-order valence-corrected chi connectivity index (χ2v) is 6.13. The van der Waals surface area contributed by atoms with Crippen LogP contribution in [0.1, 0.15) is 71.3 Å². The zero-order chi connectivity index (χ0) is 14.4. The van der Waals surface area contributed by atoms with Crippen molar-refractivity contribution in [3.63, 3.8) is 0 Å². The molecule has 3 heteroatoms. The molecule has 0 fully saturated rings. The molecule has 0 amide bonds. The first-order chi connectivity index (χ1) is 8.95. The van der Waals surface area contributed by atoms with Crippen LogP contribution in [-0.2, 0) is 0 Å². The van der Waals surface area contributed by atoms with Crippen molar-refractivity contribution < 1.29 is 0 Å². The van der Waals surface area contributed by atoms with Gasteiger partial charge in [0.2, 0.25) is 10.9 Å². The van der Waals surface area contributed by atoms with Crippen LogP contribution in [0.4, 0.5) is 5.69 Å². The van der Waals surface area contributed by atoms with Crippen LogP contribution in [0.3, 0.4) is 0 Å². The Balaban J connectivity index is 2.22. The Kier molecular flexibility index (Phi) is 6.26. The van der Waals surface area contributed by atoms with Crippen LogP contribution < -0.4 is 16.2 Å². The molecule has 0 atom stereocenters. The summed E-state index contributed by atoms with van der Waals surface area (Å²) >= 11 is 0. The van der Waals surface area contributed by atoms with Crippen molar-refractivity contribution in [2.75, 3.05) is 11.9 Å². The van der Waals surface area contributed by atoms with Gasteiger partial charge in [0.05, 0.1) is 5.69 Å². The van der Waals surface area contributed by atoms with Crippen LogP contribution in [0.2, 0.25) is 0 Å². The van der Waals surface area contributed by atoms with Gasteiger partial charge in [0.15, 0.2) is 0 Å². The molecular formula is C16H27NO2. The van der Waals surface area contributed by atoms with Gasteiger partial charge in [-0.25, -0.2) is 0 Å². The van der Waals surface area contributed by atoms with Gasteiger partial charge in [-0.2, -0.15) is 0 Å². The van der Waals surface area contributed by atoms with Crippen molar-refractivity contribution in [2.24, 2.45) is 5.92 Å². The summed E-state index contributed by atoms with van der Waals surface area (Å²) in [5.41, 5.74) is 0.630. The summed E-state index contributed by atoms with van der Waals surface area (Å²) in [5, 5.41) is 3.14. The van der Waals surface area contributed by atoms with E-state index in [1.807, 2.05) is 13.8 Å². The summed E-state index contributed by atoms with van der Waals surface area (Å²) in [6, 6.07) is 0. The predicted octanol–water partition coefficient (Wildman–Crippen LogP) is 3.42. The zero-order valence-corrected chi connectivity index (χ0v) is 12.7. The molecule has 0 radical (unpaired) electrons. The van der Waals surface area contributed by atoms with Crippen molar-refractivity contribution in [2.45, 2.75) is 65.7 Å². The molecule has 0 aliphatic rings. The van der Waals surface area contributed by atoms with Crippen molar-refractivity contribution in [3.8, 4) is 0 Å². The Labute approximate surface area is 116 Å². The lowest BCUT2D eigenvalue weighted by atomic mass is 9.96. The van der Waals surface area contributed by atoms with E-state index in [4.69, 9.17) is 0 Å². The second kappa shape index (κ2) is 7.46. The maximum absolute atomic E-state index is 11.4. The smallest absolute Gasteiger partial charge is 0.249 e. The third-order valence-electron chi connectivity index (χ3n) is 3.53. The summed E-state index contributed by atoms with van der Waals surface area (Å²) in [5.74, 6) is 0.925. The van der Waals surface area contributed by atoms with Crippen LogP contribution in [0.15, 0.2) is 9.59 Å². The molecule has 108 valence electrons. The molecule has 0 unspecified atom stereocenters. The molecule has 0 aliphatic heterocycles. The van der Waals surface area contributed by atoms with E-state index in [2.05, 4.69) is 19.2 Å². The van der Waals surface area contributed by atoms with Crippen LogP contribution in [0, 0.1) is 5.92 Å². The fourth-order valence-electron chi connectivity index (χ4n) is 2.38. The standard InChI is InChI=1S/C16H27NO2/c1-11(2)9-7-5-6-8-10-17-14-13(12(3)4)15(18)16(14)19/h11-12,17H,5-10H2,1-4H3. The Morgan fingerprint density at radius 1 is 0.895 bits per heavy atom. The Hall–Kier alpha value is -1.12. The van der Waals surface area contributed by atoms with E-state index >= 15 is 0 Å². The number of hydrogen-bond donors (Lipinski definition) is 1. The monoisotopic (exact) mass is 265 g/mol. The molecule has 0 saturated heterocycles. The third kappa shape index (κ3) is 4.48. The van der Waals surface area contributed by atoms with Crippen molar-refractivity contribution >= 4 is 5.69 Å². The van der Waals surface area contributed by atoms with E-state index in [1.165, 1.54) is 25.7 Å². The number of nitrogens with one attached hydrogen (secondary N) is 1. The minimum Gasteiger partial charge on any atom is -0.381 e. The van der Waals surface area contributed by atoms with E-state index in [9.17, 15) is 9.59 Å². The van der Waals surface area contributed by atoms with Crippen LogP contribution in [-0.4, -0.2) is 6.54 Å². The lowest BCUT2D eigenvalue weighted by Gasteiger charge is -2.15. The Bertz CT molecular complexity index is 453. The molecule has 0 saturated carbocycles. The highest BCUT2D eigenvalue weighted by Crippen LogP contribution is 2.18. The van der Waals surface area contributed by atoms with Gasteiger partial charge < -0.3 is 5.32 Å². The minimum absolute atomic E-state index is 0.138. The number of rotatable bonds is 9. The zero-order valence-electron chi connectivity index (χ0n) is 12.7. The summed E-state index contributed by atoms with van der Waals surface area (Å²) in [6.07, 6.45) is 6.08. The lowest BCUT2D eigenvalue weighted by molar-refractivity contribution is 0.523. The second-order valence-electron chi connectivity index (χ2n) is 6.13. The van der Waals surface area contributed by atoms with E-state index in [0.717, 1.165) is 18.9 Å². The molecule has 1 aromatic carbocycles. The lowest BCUT2D eigenvalue weighted by Crippen LogP contribution is -2.39. The predicted molar refractivity (Wildman–Crippen MR) is 81.9 cm³/mol. The normalized spacial score (nSPS) is 11.7. The first-order valence-corrected chi connectivity index (χ1v) is 7.52. The van der Waals surface area contributed by atoms with Gasteiger partial charge in [0.1, 0.15) is 0 Å². The van der Waals surface area contributed by atoms with Gasteiger partial charge in [-0.3, -0.25) is 9.59 Å². The summed E-state index contributed by atoms with van der Waals surface area (Å²) in [4.78, 5) is 22.9. The van der Waals surface area contributed by atoms with Gasteiger partial charge in [0.25, 0.3) is 0 Å². The average molecular weight is 265 g/mol. The molecule has 1 rings (SSSR count). The van der Waals surface area contributed by atoms with Gasteiger partial charge in [-0.15, -0.1) is 0 Å². The summed E-state index contributed by atoms with van der Waals surface area (Å²) in [7, 11) is 0. The molecule has 0 spiro atoms.